The minimum absolute atomic E-state index is 0.0740. The lowest BCUT2D eigenvalue weighted by Gasteiger charge is -2.33. The van der Waals surface area contributed by atoms with Gasteiger partial charge in [0.2, 0.25) is 0 Å². The van der Waals surface area contributed by atoms with Crippen LogP contribution in [0.2, 0.25) is 0 Å². The Morgan fingerprint density at radius 3 is 2.17 bits per heavy atom. The number of amides is 1. The number of hydrogen-bond acceptors (Lipinski definition) is 4. The molecule has 0 radical (unpaired) electrons. The first kappa shape index (κ1) is 25.0. The van der Waals surface area contributed by atoms with E-state index in [1.807, 2.05) is 51.1 Å². The van der Waals surface area contributed by atoms with E-state index >= 15 is 0 Å². The van der Waals surface area contributed by atoms with Crippen LogP contribution in [0.4, 0.5) is 18.9 Å². The van der Waals surface area contributed by atoms with Gasteiger partial charge in [-0.05, 0) is 51.3 Å². The summed E-state index contributed by atoms with van der Waals surface area (Å²) < 4.78 is 41.9. The van der Waals surface area contributed by atoms with Gasteiger partial charge in [-0.3, -0.25) is 13.5 Å². The second-order valence-electron chi connectivity index (χ2n) is 9.69. The summed E-state index contributed by atoms with van der Waals surface area (Å²) in [5.41, 5.74) is -0.256. The van der Waals surface area contributed by atoms with Gasteiger partial charge in [0.15, 0.2) is 0 Å². The summed E-state index contributed by atoms with van der Waals surface area (Å²) in [7, 11) is 0. The lowest BCUT2D eigenvalue weighted by molar-refractivity contribution is -0.138. The zero-order valence-electron chi connectivity index (χ0n) is 19.9. The third-order valence-electron chi connectivity index (χ3n) is 6.05. The van der Waals surface area contributed by atoms with E-state index in [0.29, 0.717) is 31.6 Å². The molecular formula is C26H28F3N3O2S. The fourth-order valence-electron chi connectivity index (χ4n) is 4.25. The van der Waals surface area contributed by atoms with Gasteiger partial charge in [0.05, 0.1) is 21.5 Å². The second-order valence-corrected chi connectivity index (χ2v) is 10.6. The number of alkyl halides is 3. The molecule has 1 aliphatic rings. The molecule has 2 heterocycles. The molecule has 0 spiro atoms. The van der Waals surface area contributed by atoms with Crippen molar-refractivity contribution in [1.82, 2.24) is 8.86 Å². The predicted molar refractivity (Wildman–Crippen MR) is 133 cm³/mol. The number of benzene rings is 2. The van der Waals surface area contributed by atoms with Gasteiger partial charge in [-0.15, -0.1) is 0 Å². The van der Waals surface area contributed by atoms with E-state index in [1.54, 1.807) is 3.96 Å². The second kappa shape index (κ2) is 9.53. The van der Waals surface area contributed by atoms with Gasteiger partial charge < -0.3 is 10.2 Å². The molecule has 1 aliphatic heterocycles. The number of likely N-dealkylation sites (tertiary alicyclic amines) is 1. The summed E-state index contributed by atoms with van der Waals surface area (Å²) >= 11 is 1.41. The maximum Gasteiger partial charge on any atom is 0.417 e. The van der Waals surface area contributed by atoms with Gasteiger partial charge in [0.1, 0.15) is 5.69 Å². The zero-order valence-corrected chi connectivity index (χ0v) is 20.7. The quantitative estimate of drug-likeness (QED) is 0.470. The van der Waals surface area contributed by atoms with E-state index in [9.17, 15) is 22.8 Å². The van der Waals surface area contributed by atoms with Crippen LogP contribution >= 0.6 is 11.5 Å². The minimum atomic E-state index is -4.59. The highest BCUT2D eigenvalue weighted by atomic mass is 32.1. The summed E-state index contributed by atoms with van der Waals surface area (Å²) in [6, 6.07) is 14.5. The summed E-state index contributed by atoms with van der Waals surface area (Å²) in [5.74, 6) is -0.619. The van der Waals surface area contributed by atoms with Crippen LogP contribution in [0.15, 0.2) is 59.4 Å². The number of rotatable bonds is 4. The number of nitrogens with one attached hydrogen (secondary N) is 1. The monoisotopic (exact) mass is 503 g/mol. The zero-order chi connectivity index (χ0) is 25.4. The average molecular weight is 504 g/mol. The van der Waals surface area contributed by atoms with Crippen molar-refractivity contribution >= 4 is 23.1 Å². The Labute approximate surface area is 206 Å². The largest absolute Gasteiger partial charge is 0.417 e. The minimum Gasteiger partial charge on any atom is -0.376 e. The van der Waals surface area contributed by atoms with E-state index in [0.717, 1.165) is 16.5 Å². The SMILES string of the molecule is CC(C)(C)n1sc(-c2ccccc2)c(NC2CCN(C(=O)c3ccccc3C(F)(F)F)CC2)c1=O. The van der Waals surface area contributed by atoms with Crippen LogP contribution < -0.4 is 10.9 Å². The molecule has 1 N–H and O–H groups in total. The number of carbonyl (C=O) groups excluding carboxylic acids is 1. The number of hydrogen-bond donors (Lipinski definition) is 1. The van der Waals surface area contributed by atoms with Crippen molar-refractivity contribution in [3.8, 4) is 10.4 Å². The molecule has 1 amide bonds. The maximum absolute atomic E-state index is 13.4. The Balaban J connectivity index is 1.53. The Bertz CT molecular complexity index is 1250. The Morgan fingerprint density at radius 2 is 1.57 bits per heavy atom. The molecule has 186 valence electrons. The molecule has 9 heteroatoms. The maximum atomic E-state index is 13.4. The summed E-state index contributed by atoms with van der Waals surface area (Å²) in [6.45, 7) is 6.55. The highest BCUT2D eigenvalue weighted by Crippen LogP contribution is 2.35. The fourth-order valence-corrected chi connectivity index (χ4v) is 5.36. The van der Waals surface area contributed by atoms with Crippen LogP contribution in [-0.2, 0) is 11.7 Å². The van der Waals surface area contributed by atoms with Crippen molar-refractivity contribution in [3.05, 3.63) is 76.1 Å². The van der Waals surface area contributed by atoms with Crippen molar-refractivity contribution in [1.29, 1.82) is 0 Å². The smallest absolute Gasteiger partial charge is 0.376 e. The van der Waals surface area contributed by atoms with Crippen LogP contribution in [0, 0.1) is 0 Å². The van der Waals surface area contributed by atoms with Crippen LogP contribution in [0.5, 0.6) is 0 Å². The highest BCUT2D eigenvalue weighted by molar-refractivity contribution is 7.11. The Morgan fingerprint density at radius 1 is 0.971 bits per heavy atom. The van der Waals surface area contributed by atoms with E-state index < -0.39 is 17.6 Å². The molecule has 1 aromatic heterocycles. The number of anilines is 1. The van der Waals surface area contributed by atoms with Gasteiger partial charge in [0, 0.05) is 19.1 Å². The standard InChI is InChI=1S/C26H28F3N3O2S/c1-25(2,3)32-24(34)21(22(35-32)17-9-5-4-6-10-17)30-18-13-15-31(16-14-18)23(33)19-11-7-8-12-20(19)26(27,28)29/h4-12,18,30H,13-16H2,1-3H3. The van der Waals surface area contributed by atoms with Crippen LogP contribution in [0.25, 0.3) is 10.4 Å². The number of carbonyl (C=O) groups is 1. The van der Waals surface area contributed by atoms with Crippen molar-refractivity contribution in [3.63, 3.8) is 0 Å². The number of nitrogens with zero attached hydrogens (tertiary/aromatic N) is 2. The third kappa shape index (κ3) is 5.29. The third-order valence-corrected chi connectivity index (χ3v) is 7.57. The molecule has 4 rings (SSSR count). The molecular weight excluding hydrogens is 475 g/mol. The topological polar surface area (TPSA) is 54.3 Å². The van der Waals surface area contributed by atoms with Crippen molar-refractivity contribution < 1.29 is 18.0 Å². The van der Waals surface area contributed by atoms with Gasteiger partial charge in [-0.2, -0.15) is 13.2 Å². The average Bonchev–Trinajstić information content (AvgIpc) is 3.15. The summed E-state index contributed by atoms with van der Waals surface area (Å²) in [5, 5.41) is 3.40. The van der Waals surface area contributed by atoms with E-state index in [1.165, 1.54) is 34.6 Å². The first-order valence-corrected chi connectivity index (χ1v) is 12.3. The molecule has 5 nitrogen and oxygen atoms in total. The van der Waals surface area contributed by atoms with Gasteiger partial charge in [-0.1, -0.05) is 54.0 Å². The van der Waals surface area contributed by atoms with Gasteiger partial charge in [-0.25, -0.2) is 0 Å². The molecule has 1 fully saturated rings. The van der Waals surface area contributed by atoms with Crippen molar-refractivity contribution in [2.45, 2.75) is 51.4 Å². The molecule has 0 aliphatic carbocycles. The summed E-state index contributed by atoms with van der Waals surface area (Å²) in [6.07, 6.45) is -3.54. The van der Waals surface area contributed by atoms with Crippen LogP contribution in [-0.4, -0.2) is 33.9 Å². The normalized spacial score (nSPS) is 15.3. The number of aromatic nitrogens is 1. The first-order valence-electron chi connectivity index (χ1n) is 11.5. The van der Waals surface area contributed by atoms with E-state index in [-0.39, 0.29) is 22.7 Å². The first-order chi connectivity index (χ1) is 16.5. The Kier molecular flexibility index (Phi) is 6.81. The Hall–Kier alpha value is -3.07. The summed E-state index contributed by atoms with van der Waals surface area (Å²) in [4.78, 5) is 28.5. The molecule has 0 bridgehead atoms. The van der Waals surface area contributed by atoms with Crippen molar-refractivity contribution in [2.24, 2.45) is 0 Å². The highest BCUT2D eigenvalue weighted by Gasteiger charge is 2.36. The lowest BCUT2D eigenvalue weighted by Crippen LogP contribution is -2.43. The molecule has 0 saturated carbocycles. The van der Waals surface area contributed by atoms with E-state index in [4.69, 9.17) is 0 Å². The molecule has 3 aromatic rings. The predicted octanol–water partition coefficient (Wildman–Crippen LogP) is 6.07. The van der Waals surface area contributed by atoms with E-state index in [2.05, 4.69) is 5.32 Å². The molecule has 1 saturated heterocycles. The van der Waals surface area contributed by atoms with Crippen LogP contribution in [0.3, 0.4) is 0 Å². The lowest BCUT2D eigenvalue weighted by atomic mass is 10.0. The van der Waals surface area contributed by atoms with Crippen molar-refractivity contribution in [2.75, 3.05) is 18.4 Å². The molecule has 0 unspecified atom stereocenters. The molecule has 2 aromatic carbocycles. The fraction of sp³-hybridized carbons (Fsp3) is 0.385. The molecule has 0 atom stereocenters. The number of piperidine rings is 1. The van der Waals surface area contributed by atoms with Crippen LogP contribution in [0.1, 0.15) is 49.5 Å². The van der Waals surface area contributed by atoms with Gasteiger partial charge in [0.25, 0.3) is 11.5 Å². The number of halogens is 3. The van der Waals surface area contributed by atoms with Gasteiger partial charge >= 0.3 is 6.18 Å². The molecule has 35 heavy (non-hydrogen) atoms.